The summed E-state index contributed by atoms with van der Waals surface area (Å²) in [6.45, 7) is -1.18. The second-order valence-electron chi connectivity index (χ2n) is 4.90. The van der Waals surface area contributed by atoms with Gasteiger partial charge in [0.15, 0.2) is 0 Å². The molecule has 2 aromatic heterocycles. The number of pyridine rings is 1. The van der Waals surface area contributed by atoms with Crippen LogP contribution in [-0.2, 0) is 0 Å². The zero-order chi connectivity index (χ0) is 16.4. The smallest absolute Gasteiger partial charge is 0.387 e. The van der Waals surface area contributed by atoms with E-state index in [1.54, 1.807) is 47.9 Å². The summed E-state index contributed by atoms with van der Waals surface area (Å²) in [5, 5.41) is 2.59. The van der Waals surface area contributed by atoms with Gasteiger partial charge in [0.25, 0.3) is 5.91 Å². The maximum absolute atomic E-state index is 12.5. The third-order valence-electron chi connectivity index (χ3n) is 3.25. The van der Waals surface area contributed by atoms with Crippen LogP contribution >= 0.6 is 0 Å². The summed E-state index contributed by atoms with van der Waals surface area (Å²) in [5.41, 5.74) is 1.90. The maximum Gasteiger partial charge on any atom is 0.387 e. The molecule has 0 aliphatic carbocycles. The van der Waals surface area contributed by atoms with Crippen LogP contribution in [0.3, 0.4) is 0 Å². The first kappa shape index (κ1) is 15.0. The molecule has 1 aromatic carbocycles. The molecule has 23 heavy (non-hydrogen) atoms. The fourth-order valence-electron chi connectivity index (χ4n) is 2.23. The SMILES string of the molecule is Cc1ccc(OC(F)F)c(NC(=O)c2cnc3ccccn23)c1. The number of hydrogen-bond donors (Lipinski definition) is 1. The standard InChI is InChI=1S/C16H13F2N3O2/c1-10-5-6-13(23-16(17)18)11(8-10)20-15(22)12-9-19-14-4-2-3-7-21(12)14/h2-9,16H,1H3,(H,20,22). The molecule has 0 unspecified atom stereocenters. The van der Waals surface area contributed by atoms with Crippen molar-refractivity contribution in [2.24, 2.45) is 0 Å². The predicted octanol–water partition coefficient (Wildman–Crippen LogP) is 3.50. The Hall–Kier alpha value is -2.96. The third-order valence-corrected chi connectivity index (χ3v) is 3.25. The van der Waals surface area contributed by atoms with Crippen LogP contribution in [-0.4, -0.2) is 21.9 Å². The highest BCUT2D eigenvalue weighted by atomic mass is 19.3. The first-order chi connectivity index (χ1) is 11.0. The van der Waals surface area contributed by atoms with Gasteiger partial charge in [-0.2, -0.15) is 8.78 Å². The molecule has 0 aliphatic heterocycles. The number of halogens is 2. The van der Waals surface area contributed by atoms with Gasteiger partial charge < -0.3 is 10.1 Å². The number of nitrogens with zero attached hydrogens (tertiary/aromatic N) is 2. The normalized spacial score (nSPS) is 11.0. The lowest BCUT2D eigenvalue weighted by atomic mass is 10.2. The zero-order valence-electron chi connectivity index (χ0n) is 12.2. The van der Waals surface area contributed by atoms with Gasteiger partial charge in [-0.1, -0.05) is 12.1 Å². The van der Waals surface area contributed by atoms with Gasteiger partial charge in [-0.3, -0.25) is 9.20 Å². The molecule has 0 aliphatic rings. The number of amides is 1. The Kier molecular flexibility index (Phi) is 3.92. The number of nitrogens with one attached hydrogen (secondary N) is 1. The second-order valence-corrected chi connectivity index (χ2v) is 4.90. The fraction of sp³-hybridized carbons (Fsp3) is 0.125. The number of fused-ring (bicyclic) bond motifs is 1. The molecular weight excluding hydrogens is 304 g/mol. The monoisotopic (exact) mass is 317 g/mol. The number of alkyl halides is 2. The first-order valence-corrected chi connectivity index (χ1v) is 6.83. The minimum Gasteiger partial charge on any atom is -0.433 e. The average Bonchev–Trinajstić information content (AvgIpc) is 2.93. The molecule has 7 heteroatoms. The number of carbonyl (C=O) groups is 1. The van der Waals surface area contributed by atoms with Crippen molar-refractivity contribution in [3.63, 3.8) is 0 Å². The van der Waals surface area contributed by atoms with Crippen molar-refractivity contribution in [3.8, 4) is 5.75 Å². The molecule has 0 radical (unpaired) electrons. The number of anilines is 1. The quantitative estimate of drug-likeness (QED) is 0.801. The summed E-state index contributed by atoms with van der Waals surface area (Å²) in [6, 6.07) is 9.92. The third kappa shape index (κ3) is 3.13. The van der Waals surface area contributed by atoms with Crippen molar-refractivity contribution in [1.82, 2.24) is 9.38 Å². The highest BCUT2D eigenvalue weighted by molar-refractivity contribution is 6.04. The van der Waals surface area contributed by atoms with E-state index in [2.05, 4.69) is 15.0 Å². The van der Waals surface area contributed by atoms with Crippen LogP contribution in [0.1, 0.15) is 16.1 Å². The Morgan fingerprint density at radius 3 is 2.91 bits per heavy atom. The van der Waals surface area contributed by atoms with E-state index in [4.69, 9.17) is 0 Å². The number of carbonyl (C=O) groups excluding carboxylic acids is 1. The summed E-state index contributed by atoms with van der Waals surface area (Å²) >= 11 is 0. The highest BCUT2D eigenvalue weighted by Crippen LogP contribution is 2.27. The summed E-state index contributed by atoms with van der Waals surface area (Å²) in [4.78, 5) is 16.5. The first-order valence-electron chi connectivity index (χ1n) is 6.83. The van der Waals surface area contributed by atoms with Crippen LogP contribution in [0.25, 0.3) is 5.65 Å². The molecular formula is C16H13F2N3O2. The summed E-state index contributed by atoms with van der Waals surface area (Å²) < 4.78 is 31.0. The van der Waals surface area contributed by atoms with Gasteiger partial charge in [-0.05, 0) is 36.8 Å². The van der Waals surface area contributed by atoms with Gasteiger partial charge in [0, 0.05) is 6.20 Å². The fourth-order valence-corrected chi connectivity index (χ4v) is 2.23. The number of imidazole rings is 1. The molecule has 0 fully saturated rings. The molecule has 3 aromatic rings. The van der Waals surface area contributed by atoms with Crippen molar-refractivity contribution >= 4 is 17.2 Å². The lowest BCUT2D eigenvalue weighted by molar-refractivity contribution is -0.0493. The Balaban J connectivity index is 1.92. The van der Waals surface area contributed by atoms with Crippen LogP contribution in [0.15, 0.2) is 48.8 Å². The van der Waals surface area contributed by atoms with Crippen LogP contribution in [0.2, 0.25) is 0 Å². The second kappa shape index (κ2) is 6.04. The molecule has 0 atom stereocenters. The molecule has 0 saturated carbocycles. The van der Waals surface area contributed by atoms with Gasteiger partial charge in [0.2, 0.25) is 0 Å². The minimum absolute atomic E-state index is 0.0900. The van der Waals surface area contributed by atoms with Gasteiger partial charge in [0.05, 0.1) is 11.9 Å². The summed E-state index contributed by atoms with van der Waals surface area (Å²) in [6.07, 6.45) is 3.12. The van der Waals surface area contributed by atoms with E-state index in [-0.39, 0.29) is 11.4 Å². The molecule has 118 valence electrons. The van der Waals surface area contributed by atoms with Crippen LogP contribution in [0.4, 0.5) is 14.5 Å². The molecule has 0 saturated heterocycles. The van der Waals surface area contributed by atoms with E-state index in [1.807, 2.05) is 0 Å². The molecule has 5 nitrogen and oxygen atoms in total. The van der Waals surface area contributed by atoms with Crippen LogP contribution < -0.4 is 10.1 Å². The summed E-state index contributed by atoms with van der Waals surface area (Å²) in [5.74, 6) is -0.554. The highest BCUT2D eigenvalue weighted by Gasteiger charge is 2.16. The molecule has 0 bridgehead atoms. The van der Waals surface area contributed by atoms with Gasteiger partial charge in [-0.15, -0.1) is 0 Å². The lowest BCUT2D eigenvalue weighted by Crippen LogP contribution is -2.16. The van der Waals surface area contributed by atoms with E-state index in [0.717, 1.165) is 5.56 Å². The van der Waals surface area contributed by atoms with Crippen molar-refractivity contribution in [2.45, 2.75) is 13.5 Å². The average molecular weight is 317 g/mol. The van der Waals surface area contributed by atoms with E-state index >= 15 is 0 Å². The van der Waals surface area contributed by atoms with Crippen molar-refractivity contribution < 1.29 is 18.3 Å². The number of benzene rings is 1. The Morgan fingerprint density at radius 1 is 1.30 bits per heavy atom. The van der Waals surface area contributed by atoms with Crippen molar-refractivity contribution in [2.75, 3.05) is 5.32 Å². The van der Waals surface area contributed by atoms with E-state index < -0.39 is 12.5 Å². The Morgan fingerprint density at radius 2 is 2.13 bits per heavy atom. The number of ether oxygens (including phenoxy) is 1. The molecule has 0 spiro atoms. The maximum atomic E-state index is 12.5. The van der Waals surface area contributed by atoms with Crippen LogP contribution in [0, 0.1) is 6.92 Å². The molecule has 3 rings (SSSR count). The van der Waals surface area contributed by atoms with Gasteiger partial charge >= 0.3 is 6.61 Å². The topological polar surface area (TPSA) is 55.6 Å². The minimum atomic E-state index is -2.97. The number of rotatable bonds is 4. The van der Waals surface area contributed by atoms with E-state index in [0.29, 0.717) is 11.3 Å². The molecule has 1 amide bonds. The van der Waals surface area contributed by atoms with E-state index in [9.17, 15) is 13.6 Å². The molecule has 2 heterocycles. The lowest BCUT2D eigenvalue weighted by Gasteiger charge is -2.12. The van der Waals surface area contributed by atoms with Crippen molar-refractivity contribution in [3.05, 3.63) is 60.0 Å². The number of aromatic nitrogens is 2. The van der Waals surface area contributed by atoms with Crippen molar-refractivity contribution in [1.29, 1.82) is 0 Å². The number of aryl methyl sites for hydroxylation is 1. The van der Waals surface area contributed by atoms with Gasteiger partial charge in [-0.25, -0.2) is 4.98 Å². The largest absolute Gasteiger partial charge is 0.433 e. The predicted molar refractivity (Wildman–Crippen MR) is 81.0 cm³/mol. The Labute approximate surface area is 130 Å². The number of hydrogen-bond acceptors (Lipinski definition) is 3. The molecule has 1 N–H and O–H groups in total. The van der Waals surface area contributed by atoms with E-state index in [1.165, 1.54) is 12.3 Å². The summed E-state index contributed by atoms with van der Waals surface area (Å²) in [7, 11) is 0. The van der Waals surface area contributed by atoms with Crippen LogP contribution in [0.5, 0.6) is 5.75 Å². The zero-order valence-corrected chi connectivity index (χ0v) is 12.2. The Bertz CT molecular complexity index is 861. The van der Waals surface area contributed by atoms with Gasteiger partial charge in [0.1, 0.15) is 17.1 Å².